The summed E-state index contributed by atoms with van der Waals surface area (Å²) in [4.78, 5) is 37.1. The van der Waals surface area contributed by atoms with Crippen molar-refractivity contribution in [3.05, 3.63) is 82.1 Å². The van der Waals surface area contributed by atoms with E-state index in [1.54, 1.807) is 0 Å². The Hall–Kier alpha value is -3.95. The fourth-order valence-corrected chi connectivity index (χ4v) is 3.81. The average Bonchev–Trinajstić information content (AvgIpc) is 3.12. The second-order valence-corrected chi connectivity index (χ2v) is 7.80. The van der Waals surface area contributed by atoms with E-state index in [4.69, 9.17) is 4.42 Å². The number of fused-ring (bicyclic) bond motifs is 1. The van der Waals surface area contributed by atoms with Gasteiger partial charge in [0, 0.05) is 29.7 Å². The minimum Gasteiger partial charge on any atom is -0.455 e. The molecule has 0 aliphatic heterocycles. The fourth-order valence-electron chi connectivity index (χ4n) is 3.81. The van der Waals surface area contributed by atoms with E-state index < -0.39 is 35.1 Å². The van der Waals surface area contributed by atoms with Gasteiger partial charge >= 0.3 is 6.18 Å². The highest BCUT2D eigenvalue weighted by atomic mass is 19.4. The highest BCUT2D eigenvalue weighted by Crippen LogP contribution is 2.37. The third kappa shape index (κ3) is 4.57. The Labute approximate surface area is 191 Å². The van der Waals surface area contributed by atoms with Crippen LogP contribution in [0.1, 0.15) is 61.0 Å². The number of halogens is 4. The number of ketones is 1. The number of carbonyl (C=O) groups is 3. The van der Waals surface area contributed by atoms with Crippen molar-refractivity contribution in [2.45, 2.75) is 32.4 Å². The predicted octanol–water partition coefficient (Wildman–Crippen LogP) is 5.77. The molecule has 0 unspecified atom stereocenters. The molecule has 2 aromatic carbocycles. The second kappa shape index (κ2) is 8.77. The molecule has 2 amide bonds. The second-order valence-electron chi connectivity index (χ2n) is 7.80. The number of hydrogen-bond donors (Lipinski definition) is 2. The first kappa shape index (κ1) is 23.2. The SMILES string of the molecule is Cc1c(C(=O)Nc2ccc(NC(=O)c3ccc(F)cc3)cc2C(F)(F)F)oc2c1C(=O)CCC2. The molecular formula is C24H18F4N2O4. The van der Waals surface area contributed by atoms with Gasteiger partial charge in [0.05, 0.1) is 16.8 Å². The van der Waals surface area contributed by atoms with Crippen molar-refractivity contribution < 1.29 is 36.4 Å². The first-order valence-electron chi connectivity index (χ1n) is 10.3. The van der Waals surface area contributed by atoms with Crippen LogP contribution in [0.2, 0.25) is 0 Å². The lowest BCUT2D eigenvalue weighted by Crippen LogP contribution is -2.18. The summed E-state index contributed by atoms with van der Waals surface area (Å²) >= 11 is 0. The molecule has 3 aromatic rings. The van der Waals surface area contributed by atoms with Gasteiger partial charge < -0.3 is 15.1 Å². The quantitative estimate of drug-likeness (QED) is 0.470. The van der Waals surface area contributed by atoms with Crippen LogP contribution in [0.25, 0.3) is 0 Å². The number of aryl methyl sites for hydroxylation is 1. The van der Waals surface area contributed by atoms with Crippen LogP contribution in [-0.4, -0.2) is 17.6 Å². The number of alkyl halides is 3. The van der Waals surface area contributed by atoms with Crippen molar-refractivity contribution >= 4 is 29.0 Å². The van der Waals surface area contributed by atoms with Gasteiger partial charge in [-0.05, 0) is 55.8 Å². The molecule has 4 rings (SSSR count). The van der Waals surface area contributed by atoms with Crippen LogP contribution in [-0.2, 0) is 12.6 Å². The summed E-state index contributed by atoms with van der Waals surface area (Å²) in [6.45, 7) is 1.51. The van der Waals surface area contributed by atoms with Gasteiger partial charge in [-0.1, -0.05) is 0 Å². The number of anilines is 2. The number of nitrogens with one attached hydrogen (secondary N) is 2. The number of benzene rings is 2. The molecule has 0 fully saturated rings. The molecule has 1 heterocycles. The van der Waals surface area contributed by atoms with Crippen LogP contribution in [0.4, 0.5) is 28.9 Å². The van der Waals surface area contributed by atoms with Gasteiger partial charge in [0.25, 0.3) is 11.8 Å². The average molecular weight is 474 g/mol. The normalized spacial score (nSPS) is 13.4. The summed E-state index contributed by atoms with van der Waals surface area (Å²) in [5, 5.41) is 4.52. The van der Waals surface area contributed by atoms with Gasteiger partial charge in [0.15, 0.2) is 11.5 Å². The van der Waals surface area contributed by atoms with Gasteiger partial charge in [-0.15, -0.1) is 0 Å². The molecule has 0 spiro atoms. The van der Waals surface area contributed by atoms with Crippen molar-refractivity contribution in [1.82, 2.24) is 0 Å². The zero-order valence-electron chi connectivity index (χ0n) is 17.8. The van der Waals surface area contributed by atoms with E-state index in [1.807, 2.05) is 0 Å². The van der Waals surface area contributed by atoms with Crippen LogP contribution >= 0.6 is 0 Å². The predicted molar refractivity (Wildman–Crippen MR) is 114 cm³/mol. The van der Waals surface area contributed by atoms with Crippen LogP contribution in [0.5, 0.6) is 0 Å². The Kier molecular flexibility index (Phi) is 5.99. The molecule has 10 heteroatoms. The third-order valence-electron chi connectivity index (χ3n) is 5.45. The van der Waals surface area contributed by atoms with Gasteiger partial charge in [0.1, 0.15) is 11.6 Å². The smallest absolute Gasteiger partial charge is 0.418 e. The lowest BCUT2D eigenvalue weighted by molar-refractivity contribution is -0.136. The third-order valence-corrected chi connectivity index (χ3v) is 5.45. The lowest BCUT2D eigenvalue weighted by Gasteiger charge is -2.15. The van der Waals surface area contributed by atoms with Crippen LogP contribution < -0.4 is 10.6 Å². The molecule has 0 atom stereocenters. The minimum absolute atomic E-state index is 0.0548. The van der Waals surface area contributed by atoms with Gasteiger partial charge in [0.2, 0.25) is 0 Å². The molecule has 176 valence electrons. The summed E-state index contributed by atoms with van der Waals surface area (Å²) in [6.07, 6.45) is -3.50. The Balaban J connectivity index is 1.60. The first-order chi connectivity index (χ1) is 16.0. The van der Waals surface area contributed by atoms with E-state index in [2.05, 4.69) is 10.6 Å². The van der Waals surface area contributed by atoms with Crippen molar-refractivity contribution in [2.24, 2.45) is 0 Å². The molecule has 2 N–H and O–H groups in total. The van der Waals surface area contributed by atoms with Crippen LogP contribution in [0, 0.1) is 12.7 Å². The number of amides is 2. The van der Waals surface area contributed by atoms with E-state index in [-0.39, 0.29) is 28.4 Å². The van der Waals surface area contributed by atoms with E-state index in [9.17, 15) is 31.9 Å². The largest absolute Gasteiger partial charge is 0.455 e. The Bertz CT molecular complexity index is 1290. The Morgan fingerprint density at radius 1 is 0.971 bits per heavy atom. The molecule has 0 saturated carbocycles. The van der Waals surface area contributed by atoms with Gasteiger partial charge in [-0.25, -0.2) is 4.39 Å². The summed E-state index contributed by atoms with van der Waals surface area (Å²) in [7, 11) is 0. The molecule has 0 radical (unpaired) electrons. The number of rotatable bonds is 4. The topological polar surface area (TPSA) is 88.4 Å². The molecular weight excluding hydrogens is 456 g/mol. The van der Waals surface area contributed by atoms with Gasteiger partial charge in [-0.2, -0.15) is 13.2 Å². The van der Waals surface area contributed by atoms with Crippen LogP contribution in [0.3, 0.4) is 0 Å². The summed E-state index contributed by atoms with van der Waals surface area (Å²) in [6, 6.07) is 7.37. The van der Waals surface area contributed by atoms with E-state index >= 15 is 0 Å². The highest BCUT2D eigenvalue weighted by Gasteiger charge is 2.35. The Morgan fingerprint density at radius 3 is 2.32 bits per heavy atom. The van der Waals surface area contributed by atoms with Gasteiger partial charge in [-0.3, -0.25) is 14.4 Å². The summed E-state index contributed by atoms with van der Waals surface area (Å²) < 4.78 is 59.7. The maximum Gasteiger partial charge on any atom is 0.418 e. The molecule has 0 bridgehead atoms. The molecule has 6 nitrogen and oxygen atoms in total. The number of carbonyl (C=O) groups excluding carboxylic acids is 3. The zero-order chi connectivity index (χ0) is 24.6. The molecule has 1 aromatic heterocycles. The maximum atomic E-state index is 13.7. The standard InChI is InChI=1S/C24H18F4N2O4/c1-12-20-18(31)3-2-4-19(20)34-21(12)23(33)30-17-10-9-15(11-16(17)24(26,27)28)29-22(32)13-5-7-14(25)8-6-13/h5-11H,2-4H2,1H3,(H,29,32)(H,30,33). The molecule has 1 aliphatic carbocycles. The van der Waals surface area contributed by atoms with Crippen molar-refractivity contribution in [3.8, 4) is 0 Å². The highest BCUT2D eigenvalue weighted by molar-refractivity contribution is 6.08. The van der Waals surface area contributed by atoms with Crippen LogP contribution in [0.15, 0.2) is 46.9 Å². The van der Waals surface area contributed by atoms with Crippen molar-refractivity contribution in [3.63, 3.8) is 0 Å². The van der Waals surface area contributed by atoms with Crippen molar-refractivity contribution in [2.75, 3.05) is 10.6 Å². The summed E-state index contributed by atoms with van der Waals surface area (Å²) in [5.74, 6) is -2.25. The minimum atomic E-state index is -4.85. The zero-order valence-corrected chi connectivity index (χ0v) is 17.8. The monoisotopic (exact) mass is 474 g/mol. The Morgan fingerprint density at radius 2 is 1.68 bits per heavy atom. The van der Waals surface area contributed by atoms with E-state index in [0.717, 1.165) is 18.2 Å². The molecule has 1 aliphatic rings. The number of hydrogen-bond acceptors (Lipinski definition) is 4. The van der Waals surface area contributed by atoms with E-state index in [0.29, 0.717) is 36.7 Å². The van der Waals surface area contributed by atoms with Crippen molar-refractivity contribution in [1.29, 1.82) is 0 Å². The fraction of sp³-hybridized carbons (Fsp3) is 0.208. The summed E-state index contributed by atoms with van der Waals surface area (Å²) in [5.41, 5.74) is -1.26. The maximum absolute atomic E-state index is 13.7. The lowest BCUT2D eigenvalue weighted by atomic mass is 9.94. The first-order valence-corrected chi connectivity index (χ1v) is 10.3. The number of Topliss-reactive ketones (excluding diaryl/α,β-unsaturated/α-hetero) is 1. The van der Waals surface area contributed by atoms with E-state index in [1.165, 1.54) is 25.1 Å². The molecule has 34 heavy (non-hydrogen) atoms. The number of furan rings is 1. The molecule has 0 saturated heterocycles.